The summed E-state index contributed by atoms with van der Waals surface area (Å²) >= 11 is 1.65. The predicted molar refractivity (Wildman–Crippen MR) is 87.1 cm³/mol. The van der Waals surface area contributed by atoms with Crippen LogP contribution in [0.4, 0.5) is 0 Å². The zero-order chi connectivity index (χ0) is 15.4. The van der Waals surface area contributed by atoms with Gasteiger partial charge in [0.25, 0.3) is 0 Å². The fraction of sp³-hybridized carbons (Fsp3) is 0.706. The Labute approximate surface area is 136 Å². The number of likely N-dealkylation sites (tertiary alicyclic amines) is 1. The number of hydrogen-bond acceptors (Lipinski definition) is 4. The zero-order valence-electron chi connectivity index (χ0n) is 13.3. The van der Waals surface area contributed by atoms with Crippen molar-refractivity contribution in [1.29, 1.82) is 0 Å². The lowest BCUT2D eigenvalue weighted by molar-refractivity contribution is -0.163. The van der Waals surface area contributed by atoms with Crippen LogP contribution < -0.4 is 0 Å². The standard InChI is InChI=1S/C17H25NO3S/c1-2-20-13-17-7-4-9-21-15(17)6-8-18(12-17)16(19)11-14-5-3-10-22-14/h3,5,10,15H,2,4,6-9,11-13H2,1H3. The second-order valence-electron chi connectivity index (χ2n) is 6.32. The van der Waals surface area contributed by atoms with E-state index in [0.29, 0.717) is 13.0 Å². The molecule has 0 aromatic carbocycles. The van der Waals surface area contributed by atoms with Crippen molar-refractivity contribution >= 4 is 17.2 Å². The summed E-state index contributed by atoms with van der Waals surface area (Å²) < 4.78 is 11.8. The number of ether oxygens (including phenoxy) is 2. The monoisotopic (exact) mass is 323 g/mol. The number of nitrogens with zero attached hydrogens (tertiary/aromatic N) is 1. The number of carbonyl (C=O) groups is 1. The first-order valence-electron chi connectivity index (χ1n) is 8.23. The maximum Gasteiger partial charge on any atom is 0.227 e. The molecule has 2 unspecified atom stereocenters. The minimum absolute atomic E-state index is 0.00236. The summed E-state index contributed by atoms with van der Waals surface area (Å²) in [5.41, 5.74) is -0.00236. The van der Waals surface area contributed by atoms with E-state index < -0.39 is 0 Å². The third kappa shape index (κ3) is 3.36. The number of hydrogen-bond donors (Lipinski definition) is 0. The molecule has 3 heterocycles. The van der Waals surface area contributed by atoms with Gasteiger partial charge in [0, 0.05) is 36.6 Å². The molecule has 5 heteroatoms. The Morgan fingerprint density at radius 1 is 1.59 bits per heavy atom. The summed E-state index contributed by atoms with van der Waals surface area (Å²) in [6.45, 7) is 5.89. The van der Waals surface area contributed by atoms with E-state index in [2.05, 4.69) is 0 Å². The van der Waals surface area contributed by atoms with Crippen molar-refractivity contribution in [2.24, 2.45) is 5.41 Å². The lowest BCUT2D eigenvalue weighted by atomic mass is 9.73. The molecule has 0 bridgehead atoms. The third-order valence-electron chi connectivity index (χ3n) is 4.84. The van der Waals surface area contributed by atoms with Gasteiger partial charge in [-0.05, 0) is 37.6 Å². The molecule has 2 saturated heterocycles. The summed E-state index contributed by atoms with van der Waals surface area (Å²) in [4.78, 5) is 15.8. The van der Waals surface area contributed by atoms with E-state index in [0.717, 1.165) is 50.4 Å². The van der Waals surface area contributed by atoms with E-state index in [1.54, 1.807) is 11.3 Å². The Morgan fingerprint density at radius 3 is 3.27 bits per heavy atom. The largest absolute Gasteiger partial charge is 0.381 e. The molecule has 122 valence electrons. The van der Waals surface area contributed by atoms with Crippen molar-refractivity contribution < 1.29 is 14.3 Å². The first-order chi connectivity index (χ1) is 10.7. The van der Waals surface area contributed by atoms with Gasteiger partial charge in [0.15, 0.2) is 0 Å². The van der Waals surface area contributed by atoms with Gasteiger partial charge in [0.1, 0.15) is 0 Å². The average Bonchev–Trinajstić information content (AvgIpc) is 3.05. The van der Waals surface area contributed by atoms with Gasteiger partial charge in [0.2, 0.25) is 5.91 Å². The molecular formula is C17H25NO3S. The van der Waals surface area contributed by atoms with Crippen LogP contribution in [0.25, 0.3) is 0 Å². The highest BCUT2D eigenvalue weighted by Gasteiger charge is 2.47. The molecule has 3 rings (SSSR count). The molecule has 2 atom stereocenters. The van der Waals surface area contributed by atoms with Crippen LogP contribution in [0.1, 0.15) is 31.1 Å². The van der Waals surface area contributed by atoms with Gasteiger partial charge < -0.3 is 14.4 Å². The Hall–Kier alpha value is -0.910. The van der Waals surface area contributed by atoms with E-state index in [1.165, 1.54) is 0 Å². The van der Waals surface area contributed by atoms with Crippen molar-refractivity contribution in [2.75, 3.05) is 32.9 Å². The fourth-order valence-corrected chi connectivity index (χ4v) is 4.39. The lowest BCUT2D eigenvalue weighted by Gasteiger charge is -2.50. The fourth-order valence-electron chi connectivity index (χ4n) is 3.69. The van der Waals surface area contributed by atoms with Gasteiger partial charge in [0.05, 0.1) is 19.1 Å². The van der Waals surface area contributed by atoms with Crippen LogP contribution >= 0.6 is 11.3 Å². The molecule has 1 aromatic heterocycles. The molecule has 4 nitrogen and oxygen atoms in total. The van der Waals surface area contributed by atoms with Crippen LogP contribution in [-0.2, 0) is 20.7 Å². The quantitative estimate of drug-likeness (QED) is 0.836. The highest BCUT2D eigenvalue weighted by molar-refractivity contribution is 7.10. The average molecular weight is 323 g/mol. The van der Waals surface area contributed by atoms with Gasteiger partial charge in [-0.2, -0.15) is 0 Å². The highest BCUT2D eigenvalue weighted by Crippen LogP contribution is 2.40. The molecule has 0 aliphatic carbocycles. The van der Waals surface area contributed by atoms with Gasteiger partial charge in [-0.15, -0.1) is 11.3 Å². The first kappa shape index (κ1) is 16.0. The van der Waals surface area contributed by atoms with Crippen molar-refractivity contribution in [3.8, 4) is 0 Å². The van der Waals surface area contributed by atoms with Crippen LogP contribution in [0.3, 0.4) is 0 Å². The molecule has 0 saturated carbocycles. The SMILES string of the molecule is CCOCC12CCCOC1CCN(C(=O)Cc1cccs1)C2. The number of carbonyl (C=O) groups excluding carboxylic acids is 1. The molecule has 0 N–H and O–H groups in total. The highest BCUT2D eigenvalue weighted by atomic mass is 32.1. The number of rotatable bonds is 5. The smallest absolute Gasteiger partial charge is 0.227 e. The van der Waals surface area contributed by atoms with E-state index >= 15 is 0 Å². The number of fused-ring (bicyclic) bond motifs is 1. The Kier molecular flexibility index (Phi) is 5.16. The summed E-state index contributed by atoms with van der Waals surface area (Å²) in [6, 6.07) is 4.04. The van der Waals surface area contributed by atoms with Crippen LogP contribution in [0.15, 0.2) is 17.5 Å². The minimum Gasteiger partial charge on any atom is -0.381 e. The minimum atomic E-state index is -0.00236. The molecule has 0 radical (unpaired) electrons. The molecule has 22 heavy (non-hydrogen) atoms. The Balaban J connectivity index is 1.68. The third-order valence-corrected chi connectivity index (χ3v) is 5.72. The predicted octanol–water partition coefficient (Wildman–Crippen LogP) is 2.72. The molecular weight excluding hydrogens is 298 g/mol. The molecule has 2 fully saturated rings. The van der Waals surface area contributed by atoms with E-state index in [4.69, 9.17) is 9.47 Å². The van der Waals surface area contributed by atoms with E-state index in [9.17, 15) is 4.79 Å². The van der Waals surface area contributed by atoms with Gasteiger partial charge in [-0.25, -0.2) is 0 Å². The van der Waals surface area contributed by atoms with Crippen molar-refractivity contribution in [1.82, 2.24) is 4.90 Å². The molecule has 2 aliphatic rings. The van der Waals surface area contributed by atoms with Crippen molar-refractivity contribution in [2.45, 2.75) is 38.7 Å². The van der Waals surface area contributed by atoms with Gasteiger partial charge >= 0.3 is 0 Å². The topological polar surface area (TPSA) is 38.8 Å². The molecule has 2 aliphatic heterocycles. The van der Waals surface area contributed by atoms with Crippen LogP contribution in [0.5, 0.6) is 0 Å². The number of amides is 1. The molecule has 1 amide bonds. The van der Waals surface area contributed by atoms with Crippen LogP contribution in [0, 0.1) is 5.41 Å². The normalized spacial score (nSPS) is 28.4. The Morgan fingerprint density at radius 2 is 2.50 bits per heavy atom. The summed E-state index contributed by atoms with van der Waals surface area (Å²) in [5, 5.41) is 2.03. The maximum atomic E-state index is 12.6. The van der Waals surface area contributed by atoms with Crippen molar-refractivity contribution in [3.05, 3.63) is 22.4 Å². The first-order valence-corrected chi connectivity index (χ1v) is 9.11. The van der Waals surface area contributed by atoms with Crippen LogP contribution in [0.2, 0.25) is 0 Å². The summed E-state index contributed by atoms with van der Waals surface area (Å²) in [6.07, 6.45) is 3.87. The van der Waals surface area contributed by atoms with E-state index in [1.807, 2.05) is 29.3 Å². The van der Waals surface area contributed by atoms with Crippen LogP contribution in [-0.4, -0.2) is 49.8 Å². The number of thiophene rings is 1. The Bertz CT molecular complexity index is 490. The molecule has 0 spiro atoms. The second-order valence-corrected chi connectivity index (χ2v) is 7.35. The van der Waals surface area contributed by atoms with Gasteiger partial charge in [-0.3, -0.25) is 4.79 Å². The zero-order valence-corrected chi connectivity index (χ0v) is 14.1. The lowest BCUT2D eigenvalue weighted by Crippen LogP contribution is -2.58. The van der Waals surface area contributed by atoms with Gasteiger partial charge in [-0.1, -0.05) is 6.07 Å². The summed E-state index contributed by atoms with van der Waals surface area (Å²) in [7, 11) is 0. The molecule has 1 aromatic rings. The summed E-state index contributed by atoms with van der Waals surface area (Å²) in [5.74, 6) is 0.238. The maximum absolute atomic E-state index is 12.6. The van der Waals surface area contributed by atoms with Crippen molar-refractivity contribution in [3.63, 3.8) is 0 Å². The number of piperidine rings is 1. The second kappa shape index (κ2) is 7.11. The van der Waals surface area contributed by atoms with E-state index in [-0.39, 0.29) is 17.4 Å².